The summed E-state index contributed by atoms with van der Waals surface area (Å²) >= 11 is 0. The summed E-state index contributed by atoms with van der Waals surface area (Å²) in [6, 6.07) is 59.2. The highest BCUT2D eigenvalue weighted by Gasteiger charge is 2.24. The van der Waals surface area contributed by atoms with E-state index >= 15 is 8.78 Å². The predicted molar refractivity (Wildman–Crippen MR) is 216 cm³/mol. The van der Waals surface area contributed by atoms with Gasteiger partial charge in [-0.2, -0.15) is 5.26 Å². The largest absolute Gasteiger partial charge is 0.308 e. The molecule has 8 aromatic carbocycles. The van der Waals surface area contributed by atoms with E-state index in [1.807, 2.05) is 72.8 Å². The number of benzene rings is 8. The first-order valence-corrected chi connectivity index (χ1v) is 17.8. The van der Waals surface area contributed by atoms with Crippen LogP contribution in [0.5, 0.6) is 0 Å². The van der Waals surface area contributed by atoms with Crippen LogP contribution in [0.4, 0.5) is 8.78 Å². The highest BCUT2D eigenvalue weighted by Crippen LogP contribution is 2.44. The molecule has 0 aliphatic heterocycles. The van der Waals surface area contributed by atoms with Gasteiger partial charge in [0.2, 0.25) is 0 Å². The lowest BCUT2D eigenvalue weighted by Crippen LogP contribution is -2.05. The van der Waals surface area contributed by atoms with Gasteiger partial charge in [0.1, 0.15) is 11.6 Å². The van der Waals surface area contributed by atoms with Gasteiger partial charge in [-0.05, 0) is 76.3 Å². The van der Waals surface area contributed by atoms with E-state index in [-0.39, 0.29) is 0 Å². The average Bonchev–Trinajstić information content (AvgIpc) is 3.72. The minimum Gasteiger partial charge on any atom is -0.308 e. The van der Waals surface area contributed by atoms with E-state index in [0.717, 1.165) is 71.9 Å². The monoisotopic (exact) mass is 697 g/mol. The fourth-order valence-corrected chi connectivity index (χ4v) is 8.10. The lowest BCUT2D eigenvalue weighted by Gasteiger charge is -2.21. The van der Waals surface area contributed by atoms with E-state index in [2.05, 4.69) is 100 Å². The molecule has 0 fully saturated rings. The summed E-state index contributed by atoms with van der Waals surface area (Å²) in [6.07, 6.45) is 0. The normalized spacial score (nSPS) is 11.5. The molecule has 10 aromatic rings. The minimum atomic E-state index is -0.687. The third-order valence-electron chi connectivity index (χ3n) is 10.4. The van der Waals surface area contributed by atoms with Crippen molar-refractivity contribution in [1.82, 2.24) is 9.13 Å². The van der Waals surface area contributed by atoms with Gasteiger partial charge >= 0.3 is 0 Å². The summed E-state index contributed by atoms with van der Waals surface area (Å²) in [5.74, 6) is -1.37. The zero-order valence-electron chi connectivity index (χ0n) is 28.8. The fourth-order valence-electron chi connectivity index (χ4n) is 8.10. The van der Waals surface area contributed by atoms with Crippen LogP contribution < -0.4 is 0 Å². The molecule has 0 atom stereocenters. The van der Waals surface area contributed by atoms with E-state index in [0.29, 0.717) is 28.1 Å². The molecule has 5 heteroatoms. The van der Waals surface area contributed by atoms with Crippen molar-refractivity contribution in [2.24, 2.45) is 0 Å². The maximum Gasteiger partial charge on any atom is 0.126 e. The maximum absolute atomic E-state index is 15.4. The van der Waals surface area contributed by atoms with Crippen LogP contribution in [0.15, 0.2) is 176 Å². The molecule has 0 bridgehead atoms. The van der Waals surface area contributed by atoms with Crippen LogP contribution >= 0.6 is 0 Å². The number of fused-ring (bicyclic) bond motifs is 6. The zero-order valence-corrected chi connectivity index (χ0v) is 28.8. The van der Waals surface area contributed by atoms with E-state index in [9.17, 15) is 5.26 Å². The van der Waals surface area contributed by atoms with Crippen molar-refractivity contribution in [3.8, 4) is 50.8 Å². The van der Waals surface area contributed by atoms with Gasteiger partial charge in [-0.15, -0.1) is 0 Å². The van der Waals surface area contributed by atoms with Gasteiger partial charge in [0.05, 0.1) is 45.1 Å². The molecule has 0 spiro atoms. The number of nitrogens with zero attached hydrogens (tertiary/aromatic N) is 3. The number of hydrogen-bond acceptors (Lipinski definition) is 1. The minimum absolute atomic E-state index is 0.359. The van der Waals surface area contributed by atoms with Crippen LogP contribution in [-0.2, 0) is 0 Å². The van der Waals surface area contributed by atoms with Crippen LogP contribution in [-0.4, -0.2) is 9.13 Å². The van der Waals surface area contributed by atoms with Gasteiger partial charge in [-0.1, -0.05) is 121 Å². The molecule has 2 aromatic heterocycles. The van der Waals surface area contributed by atoms with Crippen LogP contribution in [0.3, 0.4) is 0 Å². The summed E-state index contributed by atoms with van der Waals surface area (Å²) in [5, 5.41) is 14.8. The average molecular weight is 698 g/mol. The number of rotatable bonds is 5. The molecule has 0 radical (unpaired) electrons. The number of para-hydroxylation sites is 2. The summed E-state index contributed by atoms with van der Waals surface area (Å²) in [4.78, 5) is 0. The molecule has 0 N–H and O–H groups in total. The van der Waals surface area contributed by atoms with Gasteiger partial charge in [0, 0.05) is 33.2 Å². The highest BCUT2D eigenvalue weighted by atomic mass is 19.1. The van der Waals surface area contributed by atoms with Crippen molar-refractivity contribution in [2.45, 2.75) is 0 Å². The Hall–Kier alpha value is -7.29. The number of halogens is 2. The second kappa shape index (κ2) is 12.4. The van der Waals surface area contributed by atoms with Crippen LogP contribution in [0.25, 0.3) is 88.4 Å². The SMILES string of the molecule is N#Cc1cc(-n2c3ccccc3c3ccc(-c4ccccc4)cc32)c(-c2cc(F)cc(F)c2)c(-n2c3ccccc3c3ccc(-c4ccccc4)cc32)c1. The Kier molecular flexibility index (Phi) is 7.24. The van der Waals surface area contributed by atoms with Crippen molar-refractivity contribution < 1.29 is 8.78 Å². The molecule has 0 saturated carbocycles. The lowest BCUT2D eigenvalue weighted by atomic mass is 9.97. The lowest BCUT2D eigenvalue weighted by molar-refractivity contribution is 0.584. The van der Waals surface area contributed by atoms with E-state index in [4.69, 9.17) is 0 Å². The summed E-state index contributed by atoms with van der Waals surface area (Å²) < 4.78 is 35.1. The van der Waals surface area contributed by atoms with Crippen molar-refractivity contribution in [3.63, 3.8) is 0 Å². The molecule has 0 saturated heterocycles. The second-order valence-corrected chi connectivity index (χ2v) is 13.6. The topological polar surface area (TPSA) is 33.6 Å². The first kappa shape index (κ1) is 31.4. The van der Waals surface area contributed by atoms with Gasteiger partial charge in [-0.3, -0.25) is 0 Å². The van der Waals surface area contributed by atoms with Crippen LogP contribution in [0, 0.1) is 23.0 Å². The Morgan fingerprint density at radius 3 is 1.26 bits per heavy atom. The summed E-state index contributed by atoms with van der Waals surface area (Å²) in [7, 11) is 0. The predicted octanol–water partition coefficient (Wildman–Crippen LogP) is 13.0. The maximum atomic E-state index is 15.4. The third kappa shape index (κ3) is 5.00. The molecule has 3 nitrogen and oxygen atoms in total. The van der Waals surface area contributed by atoms with Crippen molar-refractivity contribution in [3.05, 3.63) is 193 Å². The third-order valence-corrected chi connectivity index (χ3v) is 10.4. The molecule has 10 rings (SSSR count). The zero-order chi connectivity index (χ0) is 36.3. The van der Waals surface area contributed by atoms with Crippen molar-refractivity contribution in [1.29, 1.82) is 5.26 Å². The highest BCUT2D eigenvalue weighted by molar-refractivity contribution is 6.13. The van der Waals surface area contributed by atoms with Crippen LogP contribution in [0.2, 0.25) is 0 Å². The number of hydrogen-bond donors (Lipinski definition) is 0. The second-order valence-electron chi connectivity index (χ2n) is 13.6. The van der Waals surface area contributed by atoms with E-state index < -0.39 is 11.6 Å². The molecule has 0 amide bonds. The van der Waals surface area contributed by atoms with Gasteiger partial charge in [0.15, 0.2) is 0 Å². The standard InChI is InChI=1S/C49H29F2N3/c50-37-25-36(26-38(51)29-37)49-47(53-43-17-9-7-15-39(43)41-21-19-34(27-45(41)53)32-11-3-1-4-12-32)23-31(30-52)24-48(49)54-44-18-10-8-16-40(44)42-22-20-35(28-46(42)54)33-13-5-2-6-14-33/h1-29H. The summed E-state index contributed by atoms with van der Waals surface area (Å²) in [5.41, 5.74) is 10.4. The molecule has 2 heterocycles. The molecule has 0 aliphatic rings. The molecule has 0 aliphatic carbocycles. The molecular weight excluding hydrogens is 669 g/mol. The Bertz CT molecular complexity index is 2930. The molecular formula is C49H29F2N3. The van der Waals surface area contributed by atoms with Gasteiger partial charge in [0.25, 0.3) is 0 Å². The Morgan fingerprint density at radius 1 is 0.370 bits per heavy atom. The number of nitriles is 1. The first-order valence-electron chi connectivity index (χ1n) is 17.8. The molecule has 54 heavy (non-hydrogen) atoms. The molecule has 0 unspecified atom stereocenters. The van der Waals surface area contributed by atoms with E-state index in [1.165, 1.54) is 12.1 Å². The Balaban J connectivity index is 1.38. The van der Waals surface area contributed by atoms with E-state index in [1.54, 1.807) is 0 Å². The fraction of sp³-hybridized carbons (Fsp3) is 0. The smallest absolute Gasteiger partial charge is 0.126 e. The first-order chi connectivity index (χ1) is 26.6. The van der Waals surface area contributed by atoms with Crippen molar-refractivity contribution >= 4 is 43.6 Å². The quantitative estimate of drug-likeness (QED) is 0.176. The van der Waals surface area contributed by atoms with Gasteiger partial charge < -0.3 is 9.13 Å². The van der Waals surface area contributed by atoms with Crippen molar-refractivity contribution in [2.75, 3.05) is 0 Å². The summed E-state index contributed by atoms with van der Waals surface area (Å²) in [6.45, 7) is 0. The van der Waals surface area contributed by atoms with Crippen LogP contribution in [0.1, 0.15) is 5.56 Å². The molecule has 254 valence electrons. The number of aromatic nitrogens is 2. The Labute approximate surface area is 309 Å². The Morgan fingerprint density at radius 2 is 0.796 bits per heavy atom. The van der Waals surface area contributed by atoms with Gasteiger partial charge in [-0.25, -0.2) is 8.78 Å².